The minimum atomic E-state index is -0.00174. The number of carbonyl (C=O) groups excluding carboxylic acids is 1. The SMILES string of the molecule is CCCCNC(=NCC(=O)N(C)C)NC1CCN(c2ccccn2)C1. The maximum absolute atomic E-state index is 11.8. The first-order valence-electron chi connectivity index (χ1n) is 9.01. The van der Waals surface area contributed by atoms with Crippen LogP contribution in [0.3, 0.4) is 0 Å². The third-order valence-electron chi connectivity index (χ3n) is 4.20. The number of anilines is 1. The molecule has 2 rings (SSSR count). The van der Waals surface area contributed by atoms with Crippen molar-refractivity contribution in [2.24, 2.45) is 4.99 Å². The van der Waals surface area contributed by atoms with Crippen molar-refractivity contribution < 1.29 is 4.79 Å². The molecule has 1 saturated heterocycles. The van der Waals surface area contributed by atoms with Crippen LogP contribution in [-0.2, 0) is 4.79 Å². The second-order valence-corrected chi connectivity index (χ2v) is 6.50. The maximum Gasteiger partial charge on any atom is 0.243 e. The first-order valence-corrected chi connectivity index (χ1v) is 9.01. The number of guanidine groups is 1. The maximum atomic E-state index is 11.8. The van der Waals surface area contributed by atoms with Gasteiger partial charge in [-0.25, -0.2) is 9.98 Å². The van der Waals surface area contributed by atoms with Gasteiger partial charge in [0.25, 0.3) is 0 Å². The van der Waals surface area contributed by atoms with Gasteiger partial charge in [-0.1, -0.05) is 19.4 Å². The van der Waals surface area contributed by atoms with Crippen molar-refractivity contribution in [1.82, 2.24) is 20.5 Å². The van der Waals surface area contributed by atoms with Crippen LogP contribution in [0.15, 0.2) is 29.4 Å². The van der Waals surface area contributed by atoms with Crippen LogP contribution in [0.2, 0.25) is 0 Å². The number of amides is 1. The van der Waals surface area contributed by atoms with E-state index >= 15 is 0 Å². The molecule has 7 nitrogen and oxygen atoms in total. The lowest BCUT2D eigenvalue weighted by molar-refractivity contribution is -0.127. The van der Waals surface area contributed by atoms with E-state index in [1.54, 1.807) is 19.0 Å². The van der Waals surface area contributed by atoms with E-state index in [1.165, 1.54) is 0 Å². The zero-order chi connectivity index (χ0) is 18.1. The Bertz CT molecular complexity index is 560. The monoisotopic (exact) mass is 346 g/mol. The molecule has 7 heteroatoms. The Morgan fingerprint density at radius 2 is 2.28 bits per heavy atom. The van der Waals surface area contributed by atoms with Crippen LogP contribution in [0.4, 0.5) is 5.82 Å². The van der Waals surface area contributed by atoms with E-state index in [0.717, 1.165) is 50.7 Å². The van der Waals surface area contributed by atoms with Gasteiger partial charge < -0.3 is 20.4 Å². The second kappa shape index (κ2) is 9.86. The zero-order valence-electron chi connectivity index (χ0n) is 15.5. The van der Waals surface area contributed by atoms with Gasteiger partial charge in [0.15, 0.2) is 5.96 Å². The number of nitrogens with zero attached hydrogens (tertiary/aromatic N) is 4. The largest absolute Gasteiger partial charge is 0.356 e. The number of likely N-dealkylation sites (N-methyl/N-ethyl adjacent to an activating group) is 1. The van der Waals surface area contributed by atoms with E-state index in [1.807, 2.05) is 24.4 Å². The van der Waals surface area contributed by atoms with Gasteiger partial charge in [-0.2, -0.15) is 0 Å². The molecule has 1 atom stereocenters. The molecule has 1 aromatic heterocycles. The molecule has 138 valence electrons. The quantitative estimate of drug-likeness (QED) is 0.439. The van der Waals surface area contributed by atoms with Crippen LogP contribution < -0.4 is 15.5 Å². The fourth-order valence-electron chi connectivity index (χ4n) is 2.64. The van der Waals surface area contributed by atoms with Crippen LogP contribution in [0.1, 0.15) is 26.2 Å². The lowest BCUT2D eigenvalue weighted by atomic mass is 10.3. The Morgan fingerprint density at radius 1 is 1.44 bits per heavy atom. The Kier molecular flexibility index (Phi) is 7.50. The Labute approximate surface area is 150 Å². The summed E-state index contributed by atoms with van der Waals surface area (Å²) in [7, 11) is 3.49. The van der Waals surface area contributed by atoms with Gasteiger partial charge in [0.05, 0.1) is 0 Å². The summed E-state index contributed by atoms with van der Waals surface area (Å²) in [6.45, 7) is 5.02. The highest BCUT2D eigenvalue weighted by molar-refractivity contribution is 5.85. The minimum Gasteiger partial charge on any atom is -0.356 e. The van der Waals surface area contributed by atoms with Crippen LogP contribution in [-0.4, -0.2) is 68.1 Å². The summed E-state index contributed by atoms with van der Waals surface area (Å²) >= 11 is 0. The molecule has 1 fully saturated rings. The molecule has 0 radical (unpaired) electrons. The molecule has 0 aromatic carbocycles. The molecular formula is C18H30N6O. The number of rotatable bonds is 7. The van der Waals surface area contributed by atoms with Gasteiger partial charge in [0.2, 0.25) is 5.91 Å². The van der Waals surface area contributed by atoms with E-state index in [9.17, 15) is 4.79 Å². The summed E-state index contributed by atoms with van der Waals surface area (Å²) in [5.41, 5.74) is 0. The van der Waals surface area contributed by atoms with Crippen molar-refractivity contribution in [3.05, 3.63) is 24.4 Å². The normalized spacial score (nSPS) is 17.5. The second-order valence-electron chi connectivity index (χ2n) is 6.50. The minimum absolute atomic E-state index is 0.00174. The van der Waals surface area contributed by atoms with E-state index in [4.69, 9.17) is 0 Å². The highest BCUT2D eigenvalue weighted by atomic mass is 16.2. The van der Waals surface area contributed by atoms with Crippen molar-refractivity contribution in [3.63, 3.8) is 0 Å². The molecule has 1 aliphatic rings. The molecule has 25 heavy (non-hydrogen) atoms. The van der Waals surface area contributed by atoms with Gasteiger partial charge in [0.1, 0.15) is 12.4 Å². The summed E-state index contributed by atoms with van der Waals surface area (Å²) in [6, 6.07) is 6.27. The lowest BCUT2D eigenvalue weighted by Gasteiger charge is -2.20. The molecule has 0 saturated carbocycles. The van der Waals surface area contributed by atoms with Crippen molar-refractivity contribution in [3.8, 4) is 0 Å². The smallest absolute Gasteiger partial charge is 0.243 e. The lowest BCUT2D eigenvalue weighted by Crippen LogP contribution is -2.45. The molecule has 1 amide bonds. The third-order valence-corrected chi connectivity index (χ3v) is 4.20. The van der Waals surface area contributed by atoms with Crippen molar-refractivity contribution in [2.75, 3.05) is 45.2 Å². The summed E-state index contributed by atoms with van der Waals surface area (Å²) in [4.78, 5) is 24.5. The number of hydrogen-bond donors (Lipinski definition) is 2. The number of unbranched alkanes of at least 4 members (excludes halogenated alkanes) is 1. The fraction of sp³-hybridized carbons (Fsp3) is 0.611. The summed E-state index contributed by atoms with van der Waals surface area (Å²) in [5.74, 6) is 1.72. The van der Waals surface area contributed by atoms with Crippen LogP contribution in [0.25, 0.3) is 0 Å². The van der Waals surface area contributed by atoms with Gasteiger partial charge in [0, 0.05) is 46.0 Å². The first-order chi connectivity index (χ1) is 12.1. The standard InChI is InChI=1S/C18H30N6O/c1-4-5-10-20-18(21-13-17(25)23(2)3)22-15-9-12-24(14-15)16-8-6-7-11-19-16/h6-8,11,15H,4-5,9-10,12-14H2,1-3H3,(H2,20,21,22). The van der Waals surface area contributed by atoms with Crippen LogP contribution in [0, 0.1) is 0 Å². The summed E-state index contributed by atoms with van der Waals surface area (Å²) in [5, 5.41) is 6.80. The highest BCUT2D eigenvalue weighted by Gasteiger charge is 2.24. The van der Waals surface area contributed by atoms with Crippen molar-refractivity contribution in [2.45, 2.75) is 32.2 Å². The molecule has 1 aromatic rings. The summed E-state index contributed by atoms with van der Waals surface area (Å²) < 4.78 is 0. The molecule has 2 N–H and O–H groups in total. The molecule has 1 aliphatic heterocycles. The molecule has 1 unspecified atom stereocenters. The van der Waals surface area contributed by atoms with Gasteiger partial charge >= 0.3 is 0 Å². The van der Waals surface area contributed by atoms with Gasteiger partial charge in [-0.15, -0.1) is 0 Å². The molecule has 0 bridgehead atoms. The van der Waals surface area contributed by atoms with E-state index in [-0.39, 0.29) is 12.5 Å². The van der Waals surface area contributed by atoms with Crippen molar-refractivity contribution >= 4 is 17.7 Å². The molecule has 0 spiro atoms. The number of aliphatic imine (C=N–C) groups is 1. The zero-order valence-corrected chi connectivity index (χ0v) is 15.5. The number of carbonyl (C=O) groups is 1. The van der Waals surface area contributed by atoms with E-state index in [0.29, 0.717) is 6.04 Å². The highest BCUT2D eigenvalue weighted by Crippen LogP contribution is 2.17. The molecule has 2 heterocycles. The Balaban J connectivity index is 1.91. The van der Waals surface area contributed by atoms with E-state index in [2.05, 4.69) is 32.4 Å². The molecule has 0 aliphatic carbocycles. The van der Waals surface area contributed by atoms with Crippen LogP contribution >= 0.6 is 0 Å². The topological polar surface area (TPSA) is 72.9 Å². The predicted molar refractivity (Wildman–Crippen MR) is 102 cm³/mol. The first kappa shape index (κ1) is 19.0. The summed E-state index contributed by atoms with van der Waals surface area (Å²) in [6.07, 6.45) is 5.04. The van der Waals surface area contributed by atoms with Gasteiger partial charge in [-0.05, 0) is 25.0 Å². The van der Waals surface area contributed by atoms with E-state index < -0.39 is 0 Å². The fourth-order valence-corrected chi connectivity index (χ4v) is 2.64. The van der Waals surface area contributed by atoms with Crippen molar-refractivity contribution in [1.29, 1.82) is 0 Å². The number of hydrogen-bond acceptors (Lipinski definition) is 4. The number of pyridine rings is 1. The molecular weight excluding hydrogens is 316 g/mol. The average Bonchev–Trinajstić information content (AvgIpc) is 3.08. The third kappa shape index (κ3) is 6.25. The predicted octanol–water partition coefficient (Wildman–Crippen LogP) is 1.08. The number of aromatic nitrogens is 1. The Hall–Kier alpha value is -2.31. The average molecular weight is 346 g/mol. The number of nitrogens with one attached hydrogen (secondary N) is 2. The van der Waals surface area contributed by atoms with Gasteiger partial charge in [-0.3, -0.25) is 4.79 Å². The Morgan fingerprint density at radius 3 is 2.96 bits per heavy atom. The van der Waals surface area contributed by atoms with Crippen LogP contribution in [0.5, 0.6) is 0 Å².